The second kappa shape index (κ2) is 6.57. The van der Waals surface area contributed by atoms with Gasteiger partial charge in [0.15, 0.2) is 0 Å². The molecule has 4 nitrogen and oxygen atoms in total. The molecule has 0 aliphatic rings. The van der Waals surface area contributed by atoms with Crippen LogP contribution in [0, 0.1) is 6.92 Å². The molecule has 1 aromatic carbocycles. The molecule has 0 aliphatic heterocycles. The lowest BCUT2D eigenvalue weighted by atomic mass is 10.0. The third kappa shape index (κ3) is 4.45. The van der Waals surface area contributed by atoms with Crippen molar-refractivity contribution in [2.75, 3.05) is 10.6 Å². The largest absolute Gasteiger partial charge is 0.368 e. The Labute approximate surface area is 127 Å². The Morgan fingerprint density at radius 3 is 2.19 bits per heavy atom. The van der Waals surface area contributed by atoms with Crippen molar-refractivity contribution in [3.05, 3.63) is 41.6 Å². The fraction of sp³-hybridized carbons (Fsp3) is 0.412. The molecule has 0 saturated carbocycles. The quantitative estimate of drug-likeness (QED) is 0.850. The first-order chi connectivity index (χ1) is 9.94. The molecule has 0 bridgehead atoms. The van der Waals surface area contributed by atoms with Crippen LogP contribution in [-0.4, -0.2) is 16.0 Å². The minimum atomic E-state index is 0.345. The van der Waals surface area contributed by atoms with Crippen molar-refractivity contribution in [2.24, 2.45) is 0 Å². The Morgan fingerprint density at radius 1 is 0.952 bits per heavy atom. The van der Waals surface area contributed by atoms with E-state index in [1.807, 2.05) is 13.0 Å². The standard InChI is InChI=1S/C17H24N4/c1-11(2)14-6-8-15(9-7-14)20-17-19-13(5)10-16(21-17)18-12(3)4/h6-12H,1-5H3,(H2,18,19,20,21). The average molecular weight is 284 g/mol. The fourth-order valence-electron chi connectivity index (χ4n) is 2.07. The summed E-state index contributed by atoms with van der Waals surface area (Å²) in [6.07, 6.45) is 0. The van der Waals surface area contributed by atoms with Crippen LogP contribution in [0.1, 0.15) is 44.9 Å². The lowest BCUT2D eigenvalue weighted by Crippen LogP contribution is -2.12. The van der Waals surface area contributed by atoms with Crippen molar-refractivity contribution in [3.63, 3.8) is 0 Å². The minimum absolute atomic E-state index is 0.345. The summed E-state index contributed by atoms with van der Waals surface area (Å²) >= 11 is 0. The van der Waals surface area contributed by atoms with Gasteiger partial charge in [-0.25, -0.2) is 4.98 Å². The number of aromatic nitrogens is 2. The summed E-state index contributed by atoms with van der Waals surface area (Å²) in [4.78, 5) is 8.92. The first kappa shape index (κ1) is 15.3. The van der Waals surface area contributed by atoms with E-state index in [0.29, 0.717) is 17.9 Å². The zero-order valence-electron chi connectivity index (χ0n) is 13.4. The van der Waals surface area contributed by atoms with E-state index >= 15 is 0 Å². The highest BCUT2D eigenvalue weighted by atomic mass is 15.1. The highest BCUT2D eigenvalue weighted by Crippen LogP contribution is 2.20. The van der Waals surface area contributed by atoms with Gasteiger partial charge in [0, 0.05) is 23.5 Å². The first-order valence-corrected chi connectivity index (χ1v) is 7.43. The maximum absolute atomic E-state index is 4.49. The molecule has 112 valence electrons. The number of benzene rings is 1. The van der Waals surface area contributed by atoms with Crippen molar-refractivity contribution >= 4 is 17.5 Å². The molecule has 21 heavy (non-hydrogen) atoms. The van der Waals surface area contributed by atoms with Gasteiger partial charge in [0.1, 0.15) is 5.82 Å². The summed E-state index contributed by atoms with van der Waals surface area (Å²) in [5.74, 6) is 2.00. The smallest absolute Gasteiger partial charge is 0.229 e. The molecule has 0 atom stereocenters. The molecular weight excluding hydrogens is 260 g/mol. The molecular formula is C17H24N4. The lowest BCUT2D eigenvalue weighted by Gasteiger charge is -2.12. The van der Waals surface area contributed by atoms with Gasteiger partial charge in [0.25, 0.3) is 0 Å². The third-order valence-electron chi connectivity index (χ3n) is 3.12. The summed E-state index contributed by atoms with van der Waals surface area (Å²) in [7, 11) is 0. The molecule has 0 fully saturated rings. The van der Waals surface area contributed by atoms with Gasteiger partial charge >= 0.3 is 0 Å². The van der Waals surface area contributed by atoms with E-state index in [2.05, 4.69) is 72.6 Å². The zero-order valence-corrected chi connectivity index (χ0v) is 13.4. The molecule has 1 heterocycles. The SMILES string of the molecule is Cc1cc(NC(C)C)nc(Nc2ccc(C(C)C)cc2)n1. The first-order valence-electron chi connectivity index (χ1n) is 7.43. The van der Waals surface area contributed by atoms with E-state index in [9.17, 15) is 0 Å². The van der Waals surface area contributed by atoms with E-state index < -0.39 is 0 Å². The molecule has 2 rings (SSSR count). The van der Waals surface area contributed by atoms with Gasteiger partial charge < -0.3 is 10.6 Å². The predicted molar refractivity (Wildman–Crippen MR) is 89.3 cm³/mol. The highest BCUT2D eigenvalue weighted by molar-refractivity contribution is 5.56. The van der Waals surface area contributed by atoms with Gasteiger partial charge in [0.05, 0.1) is 0 Å². The molecule has 1 aromatic heterocycles. The van der Waals surface area contributed by atoms with Crippen molar-refractivity contribution < 1.29 is 0 Å². The minimum Gasteiger partial charge on any atom is -0.368 e. The topological polar surface area (TPSA) is 49.8 Å². The van der Waals surface area contributed by atoms with Crippen LogP contribution < -0.4 is 10.6 Å². The maximum Gasteiger partial charge on any atom is 0.229 e. The summed E-state index contributed by atoms with van der Waals surface area (Å²) in [5.41, 5.74) is 3.27. The lowest BCUT2D eigenvalue weighted by molar-refractivity contribution is 0.867. The Hall–Kier alpha value is -2.10. The summed E-state index contributed by atoms with van der Waals surface area (Å²) in [5, 5.41) is 6.57. The van der Waals surface area contributed by atoms with E-state index in [0.717, 1.165) is 17.2 Å². The van der Waals surface area contributed by atoms with Crippen LogP contribution in [0.4, 0.5) is 17.5 Å². The second-order valence-electron chi connectivity index (χ2n) is 5.92. The highest BCUT2D eigenvalue weighted by Gasteiger charge is 2.05. The van der Waals surface area contributed by atoms with Crippen LogP contribution >= 0.6 is 0 Å². The molecule has 4 heteroatoms. The number of nitrogens with one attached hydrogen (secondary N) is 2. The summed E-state index contributed by atoms with van der Waals surface area (Å²) in [6.45, 7) is 10.5. The van der Waals surface area contributed by atoms with Crippen LogP contribution in [0.15, 0.2) is 30.3 Å². The van der Waals surface area contributed by atoms with Crippen LogP contribution in [0.5, 0.6) is 0 Å². The molecule has 0 radical (unpaired) electrons. The van der Waals surface area contributed by atoms with Gasteiger partial charge in [-0.05, 0) is 44.4 Å². The molecule has 0 spiro atoms. The van der Waals surface area contributed by atoms with Crippen molar-refractivity contribution in [1.29, 1.82) is 0 Å². The third-order valence-corrected chi connectivity index (χ3v) is 3.12. The summed E-state index contributed by atoms with van der Waals surface area (Å²) < 4.78 is 0. The Kier molecular flexibility index (Phi) is 4.78. The van der Waals surface area contributed by atoms with E-state index in [1.165, 1.54) is 5.56 Å². The molecule has 0 saturated heterocycles. The zero-order chi connectivity index (χ0) is 15.4. The molecule has 2 aromatic rings. The Bertz CT molecular complexity index is 588. The van der Waals surface area contributed by atoms with Crippen molar-refractivity contribution in [2.45, 2.75) is 46.6 Å². The second-order valence-corrected chi connectivity index (χ2v) is 5.92. The Morgan fingerprint density at radius 2 is 1.62 bits per heavy atom. The Balaban J connectivity index is 2.16. The van der Waals surface area contributed by atoms with Crippen molar-refractivity contribution in [1.82, 2.24) is 9.97 Å². The predicted octanol–water partition coefficient (Wildman–Crippen LogP) is 4.47. The van der Waals surface area contributed by atoms with Crippen LogP contribution in [0.2, 0.25) is 0 Å². The van der Waals surface area contributed by atoms with Crippen LogP contribution in [-0.2, 0) is 0 Å². The van der Waals surface area contributed by atoms with Gasteiger partial charge in [0.2, 0.25) is 5.95 Å². The van der Waals surface area contributed by atoms with Gasteiger partial charge in [-0.1, -0.05) is 26.0 Å². The van der Waals surface area contributed by atoms with Gasteiger partial charge in [-0.3, -0.25) is 0 Å². The van der Waals surface area contributed by atoms with E-state index in [4.69, 9.17) is 0 Å². The fourth-order valence-corrected chi connectivity index (χ4v) is 2.07. The van der Waals surface area contributed by atoms with E-state index in [-0.39, 0.29) is 0 Å². The number of hydrogen-bond donors (Lipinski definition) is 2. The molecule has 0 unspecified atom stereocenters. The van der Waals surface area contributed by atoms with Gasteiger partial charge in [-0.2, -0.15) is 4.98 Å². The average Bonchev–Trinajstić information content (AvgIpc) is 2.37. The maximum atomic E-state index is 4.49. The number of nitrogens with zero attached hydrogens (tertiary/aromatic N) is 2. The molecule has 0 aliphatic carbocycles. The van der Waals surface area contributed by atoms with Crippen molar-refractivity contribution in [3.8, 4) is 0 Å². The molecule has 0 amide bonds. The number of rotatable bonds is 5. The number of aryl methyl sites for hydroxylation is 1. The van der Waals surface area contributed by atoms with Crippen LogP contribution in [0.25, 0.3) is 0 Å². The van der Waals surface area contributed by atoms with E-state index in [1.54, 1.807) is 0 Å². The monoisotopic (exact) mass is 284 g/mol. The number of anilines is 3. The van der Waals surface area contributed by atoms with Gasteiger partial charge in [-0.15, -0.1) is 0 Å². The normalized spacial score (nSPS) is 11.0. The van der Waals surface area contributed by atoms with Crippen LogP contribution in [0.3, 0.4) is 0 Å². The summed E-state index contributed by atoms with van der Waals surface area (Å²) in [6, 6.07) is 10.7. The number of hydrogen-bond acceptors (Lipinski definition) is 4. The molecule has 2 N–H and O–H groups in total.